The van der Waals surface area contributed by atoms with Crippen molar-refractivity contribution in [3.8, 4) is 17.0 Å². The standard InChI is InChI=1S/C21H19N3O/c1-15-7-6-12-24-20(15)23-19(17-10-5-11-18(25)13-17)21(24)22-14-16-8-3-2-4-9-16/h2-13,22,25H,14H2,1H3. The van der Waals surface area contributed by atoms with Crippen LogP contribution in [0.3, 0.4) is 0 Å². The SMILES string of the molecule is Cc1cccn2c(NCc3ccccc3)c(-c3cccc(O)c3)nc12. The Balaban J connectivity index is 1.82. The van der Waals surface area contributed by atoms with Crippen LogP contribution in [0, 0.1) is 6.92 Å². The molecule has 2 aromatic heterocycles. The number of aromatic hydroxyl groups is 1. The minimum absolute atomic E-state index is 0.236. The van der Waals surface area contributed by atoms with E-state index in [9.17, 15) is 5.11 Å². The molecule has 25 heavy (non-hydrogen) atoms. The monoisotopic (exact) mass is 329 g/mol. The van der Waals surface area contributed by atoms with Crippen LogP contribution in [-0.4, -0.2) is 14.5 Å². The van der Waals surface area contributed by atoms with Crippen molar-refractivity contribution in [3.05, 3.63) is 84.1 Å². The van der Waals surface area contributed by atoms with Crippen molar-refractivity contribution in [2.75, 3.05) is 5.32 Å². The van der Waals surface area contributed by atoms with Crippen LogP contribution in [0.1, 0.15) is 11.1 Å². The van der Waals surface area contributed by atoms with E-state index >= 15 is 0 Å². The third-order valence-electron chi connectivity index (χ3n) is 4.27. The first kappa shape index (κ1) is 15.3. The summed E-state index contributed by atoms with van der Waals surface area (Å²) in [6.07, 6.45) is 2.01. The summed E-state index contributed by atoms with van der Waals surface area (Å²) in [5, 5.41) is 13.4. The van der Waals surface area contributed by atoms with Gasteiger partial charge < -0.3 is 10.4 Å². The van der Waals surface area contributed by atoms with E-state index in [4.69, 9.17) is 4.98 Å². The molecule has 4 heteroatoms. The average molecular weight is 329 g/mol. The normalized spacial score (nSPS) is 10.9. The van der Waals surface area contributed by atoms with Gasteiger partial charge in [-0.2, -0.15) is 0 Å². The highest BCUT2D eigenvalue weighted by Gasteiger charge is 2.15. The molecule has 124 valence electrons. The van der Waals surface area contributed by atoms with Crippen LogP contribution in [-0.2, 0) is 6.54 Å². The van der Waals surface area contributed by atoms with Gasteiger partial charge in [0.1, 0.15) is 22.9 Å². The van der Waals surface area contributed by atoms with E-state index in [1.807, 2.05) is 42.6 Å². The Morgan fingerprint density at radius 2 is 1.84 bits per heavy atom. The number of nitrogens with one attached hydrogen (secondary N) is 1. The summed E-state index contributed by atoms with van der Waals surface area (Å²) in [7, 11) is 0. The highest BCUT2D eigenvalue weighted by molar-refractivity contribution is 5.78. The van der Waals surface area contributed by atoms with Gasteiger partial charge in [0.2, 0.25) is 0 Å². The Morgan fingerprint density at radius 1 is 1.00 bits per heavy atom. The lowest BCUT2D eigenvalue weighted by Gasteiger charge is -2.09. The summed E-state index contributed by atoms with van der Waals surface area (Å²) in [5.41, 5.74) is 4.94. The Kier molecular flexibility index (Phi) is 3.86. The lowest BCUT2D eigenvalue weighted by Crippen LogP contribution is -2.03. The number of anilines is 1. The van der Waals surface area contributed by atoms with Gasteiger partial charge in [0, 0.05) is 18.3 Å². The first-order chi connectivity index (χ1) is 12.2. The van der Waals surface area contributed by atoms with Crippen LogP contribution < -0.4 is 5.32 Å². The maximum absolute atomic E-state index is 9.85. The number of hydrogen-bond acceptors (Lipinski definition) is 3. The maximum atomic E-state index is 9.85. The molecule has 0 aliphatic heterocycles. The van der Waals surface area contributed by atoms with Crippen molar-refractivity contribution in [2.24, 2.45) is 0 Å². The number of benzene rings is 2. The zero-order valence-electron chi connectivity index (χ0n) is 14.0. The van der Waals surface area contributed by atoms with E-state index in [0.29, 0.717) is 6.54 Å². The molecule has 4 aromatic rings. The van der Waals surface area contributed by atoms with E-state index in [1.165, 1.54) is 5.56 Å². The van der Waals surface area contributed by atoms with Crippen molar-refractivity contribution in [1.29, 1.82) is 0 Å². The first-order valence-corrected chi connectivity index (χ1v) is 8.27. The van der Waals surface area contributed by atoms with E-state index in [0.717, 1.165) is 28.3 Å². The number of rotatable bonds is 4. The van der Waals surface area contributed by atoms with Crippen molar-refractivity contribution in [2.45, 2.75) is 13.5 Å². The molecule has 2 heterocycles. The predicted molar refractivity (Wildman–Crippen MR) is 101 cm³/mol. The smallest absolute Gasteiger partial charge is 0.142 e. The van der Waals surface area contributed by atoms with Gasteiger partial charge in [0.25, 0.3) is 0 Å². The topological polar surface area (TPSA) is 49.6 Å². The van der Waals surface area contributed by atoms with Gasteiger partial charge in [0.05, 0.1) is 0 Å². The van der Waals surface area contributed by atoms with Crippen LogP contribution >= 0.6 is 0 Å². The van der Waals surface area contributed by atoms with Gasteiger partial charge in [-0.1, -0.05) is 48.5 Å². The van der Waals surface area contributed by atoms with Crippen molar-refractivity contribution < 1.29 is 5.11 Å². The van der Waals surface area contributed by atoms with Gasteiger partial charge in [-0.3, -0.25) is 4.40 Å². The largest absolute Gasteiger partial charge is 0.508 e. The third kappa shape index (κ3) is 2.94. The number of aromatic nitrogens is 2. The number of phenolic OH excluding ortho intramolecular Hbond substituents is 1. The van der Waals surface area contributed by atoms with Crippen LogP contribution in [0.4, 0.5) is 5.82 Å². The van der Waals surface area contributed by atoms with Gasteiger partial charge in [-0.25, -0.2) is 4.98 Å². The van der Waals surface area contributed by atoms with E-state index in [2.05, 4.69) is 34.8 Å². The Labute approximate surface area is 146 Å². The summed E-state index contributed by atoms with van der Waals surface area (Å²) >= 11 is 0. The molecule has 0 aliphatic rings. The predicted octanol–water partition coefficient (Wildman–Crippen LogP) is 4.63. The summed E-state index contributed by atoms with van der Waals surface area (Å²) in [6.45, 7) is 2.75. The lowest BCUT2D eigenvalue weighted by molar-refractivity contribution is 0.475. The average Bonchev–Trinajstić information content (AvgIpc) is 3.01. The molecule has 0 saturated heterocycles. The Bertz CT molecular complexity index is 1020. The molecule has 2 aromatic carbocycles. The molecule has 0 unspecified atom stereocenters. The molecule has 4 rings (SSSR count). The van der Waals surface area contributed by atoms with Gasteiger partial charge in [-0.15, -0.1) is 0 Å². The first-order valence-electron chi connectivity index (χ1n) is 8.27. The molecule has 0 aliphatic carbocycles. The number of fused-ring (bicyclic) bond motifs is 1. The number of aryl methyl sites for hydroxylation is 1. The van der Waals surface area contributed by atoms with E-state index in [1.54, 1.807) is 12.1 Å². The molecule has 0 fully saturated rings. The summed E-state index contributed by atoms with van der Waals surface area (Å²) < 4.78 is 2.07. The highest BCUT2D eigenvalue weighted by Crippen LogP contribution is 2.31. The van der Waals surface area contributed by atoms with Crippen LogP contribution in [0.2, 0.25) is 0 Å². The third-order valence-corrected chi connectivity index (χ3v) is 4.27. The summed E-state index contributed by atoms with van der Waals surface area (Å²) in [5.74, 6) is 1.16. The van der Waals surface area contributed by atoms with Crippen molar-refractivity contribution >= 4 is 11.5 Å². The summed E-state index contributed by atoms with van der Waals surface area (Å²) in [6, 6.07) is 21.5. The molecule has 0 saturated carbocycles. The molecule has 0 radical (unpaired) electrons. The quantitative estimate of drug-likeness (QED) is 0.574. The van der Waals surface area contributed by atoms with E-state index < -0.39 is 0 Å². The van der Waals surface area contributed by atoms with Crippen molar-refractivity contribution in [3.63, 3.8) is 0 Å². The fourth-order valence-electron chi connectivity index (χ4n) is 3.01. The van der Waals surface area contributed by atoms with Crippen molar-refractivity contribution in [1.82, 2.24) is 9.38 Å². The summed E-state index contributed by atoms with van der Waals surface area (Å²) in [4.78, 5) is 4.83. The molecular formula is C21H19N3O. The number of imidazole rings is 1. The van der Waals surface area contributed by atoms with E-state index in [-0.39, 0.29) is 5.75 Å². The number of nitrogens with zero attached hydrogens (tertiary/aromatic N) is 2. The molecule has 0 bridgehead atoms. The number of hydrogen-bond donors (Lipinski definition) is 2. The number of pyridine rings is 1. The van der Waals surface area contributed by atoms with Crippen LogP contribution in [0.5, 0.6) is 5.75 Å². The molecule has 0 amide bonds. The minimum Gasteiger partial charge on any atom is -0.508 e. The molecule has 0 atom stereocenters. The van der Waals surface area contributed by atoms with Gasteiger partial charge in [-0.05, 0) is 36.2 Å². The second-order valence-electron chi connectivity index (χ2n) is 6.08. The highest BCUT2D eigenvalue weighted by atomic mass is 16.3. The fraction of sp³-hybridized carbons (Fsp3) is 0.0952. The molecule has 2 N–H and O–H groups in total. The lowest BCUT2D eigenvalue weighted by atomic mass is 10.1. The fourth-order valence-corrected chi connectivity index (χ4v) is 3.01. The zero-order chi connectivity index (χ0) is 17.2. The van der Waals surface area contributed by atoms with Gasteiger partial charge in [0.15, 0.2) is 0 Å². The molecule has 4 nitrogen and oxygen atoms in total. The number of phenols is 1. The minimum atomic E-state index is 0.236. The van der Waals surface area contributed by atoms with Gasteiger partial charge >= 0.3 is 0 Å². The second kappa shape index (κ2) is 6.32. The Hall–Kier alpha value is -3.27. The zero-order valence-corrected chi connectivity index (χ0v) is 14.0. The maximum Gasteiger partial charge on any atom is 0.142 e. The van der Waals surface area contributed by atoms with Crippen LogP contribution in [0.15, 0.2) is 72.9 Å². The molecular weight excluding hydrogens is 310 g/mol. The second-order valence-corrected chi connectivity index (χ2v) is 6.08. The van der Waals surface area contributed by atoms with Crippen LogP contribution in [0.25, 0.3) is 16.9 Å². The Morgan fingerprint density at radius 3 is 2.64 bits per heavy atom. The molecule has 0 spiro atoms.